The zero-order valence-electron chi connectivity index (χ0n) is 13.4. The van der Waals surface area contributed by atoms with E-state index in [1.807, 2.05) is 12.1 Å². The Labute approximate surface area is 132 Å². The molecule has 1 heterocycles. The van der Waals surface area contributed by atoms with Crippen LogP contribution in [-0.2, 0) is 9.84 Å². The average Bonchev–Trinajstić information content (AvgIpc) is 2.79. The van der Waals surface area contributed by atoms with Gasteiger partial charge in [0.25, 0.3) is 5.91 Å². The first-order chi connectivity index (χ1) is 10.3. The maximum absolute atomic E-state index is 12.2. The number of benzene rings is 1. The Morgan fingerprint density at radius 1 is 1.32 bits per heavy atom. The Hall–Kier alpha value is -1.56. The minimum atomic E-state index is -2.98. The molecule has 1 N–H and O–H groups in total. The van der Waals surface area contributed by atoms with E-state index < -0.39 is 9.84 Å². The van der Waals surface area contributed by atoms with Crippen LogP contribution in [-0.4, -0.2) is 44.5 Å². The summed E-state index contributed by atoms with van der Waals surface area (Å²) in [5.74, 6) is 0.00564. The molecule has 1 aromatic carbocycles. The molecule has 22 heavy (non-hydrogen) atoms. The zero-order valence-corrected chi connectivity index (χ0v) is 14.2. The molecule has 1 fully saturated rings. The van der Waals surface area contributed by atoms with Crippen LogP contribution < -0.4 is 10.2 Å². The second kappa shape index (κ2) is 6.69. The minimum absolute atomic E-state index is 0.0494. The number of nitrogens with zero attached hydrogens (tertiary/aromatic N) is 1. The second-order valence-corrected chi connectivity index (χ2v) is 8.23. The van der Waals surface area contributed by atoms with Crippen molar-refractivity contribution in [1.82, 2.24) is 5.32 Å². The molecule has 1 saturated heterocycles. The van der Waals surface area contributed by atoms with Crippen molar-refractivity contribution in [3.8, 4) is 0 Å². The van der Waals surface area contributed by atoms with Crippen LogP contribution in [0, 0.1) is 0 Å². The first kappa shape index (κ1) is 16.8. The molecule has 2 rings (SSSR count). The van der Waals surface area contributed by atoms with Gasteiger partial charge in [-0.3, -0.25) is 4.79 Å². The lowest BCUT2D eigenvalue weighted by atomic mass is 10.1. The van der Waals surface area contributed by atoms with E-state index >= 15 is 0 Å². The Bertz CT molecular complexity index is 623. The van der Waals surface area contributed by atoms with Gasteiger partial charge in [-0.1, -0.05) is 0 Å². The molecule has 6 heteroatoms. The van der Waals surface area contributed by atoms with Crippen molar-refractivity contribution in [1.29, 1.82) is 0 Å². The molecule has 1 atom stereocenters. The van der Waals surface area contributed by atoms with E-state index in [-0.39, 0.29) is 23.5 Å². The molecule has 0 spiro atoms. The number of anilines is 1. The molecule has 1 aromatic rings. The summed E-state index contributed by atoms with van der Waals surface area (Å²) in [6.07, 6.45) is 0.503. The number of amides is 1. The summed E-state index contributed by atoms with van der Waals surface area (Å²) < 4.78 is 22.8. The van der Waals surface area contributed by atoms with Crippen LogP contribution in [0.1, 0.15) is 37.6 Å². The number of rotatable bonds is 5. The first-order valence-electron chi connectivity index (χ1n) is 7.70. The summed E-state index contributed by atoms with van der Waals surface area (Å²) in [7, 11) is -2.98. The molecule has 0 bridgehead atoms. The fourth-order valence-electron chi connectivity index (χ4n) is 2.83. The van der Waals surface area contributed by atoms with Crippen LogP contribution in [0.5, 0.6) is 0 Å². The van der Waals surface area contributed by atoms with Crippen molar-refractivity contribution < 1.29 is 13.2 Å². The van der Waals surface area contributed by atoms with Crippen LogP contribution in [0.2, 0.25) is 0 Å². The first-order valence-corrected chi connectivity index (χ1v) is 9.52. The topological polar surface area (TPSA) is 66.5 Å². The van der Waals surface area contributed by atoms with Gasteiger partial charge in [-0.05, 0) is 51.5 Å². The number of nitrogens with one attached hydrogen (secondary N) is 1. The lowest BCUT2D eigenvalue weighted by Gasteiger charge is -2.27. The van der Waals surface area contributed by atoms with Gasteiger partial charge in [0.1, 0.15) is 0 Å². The maximum atomic E-state index is 12.2. The molecule has 0 aromatic heterocycles. The third kappa shape index (κ3) is 4.00. The van der Waals surface area contributed by atoms with Crippen molar-refractivity contribution >= 4 is 21.4 Å². The van der Waals surface area contributed by atoms with Crippen LogP contribution in [0.15, 0.2) is 24.3 Å². The van der Waals surface area contributed by atoms with Crippen molar-refractivity contribution in [3.63, 3.8) is 0 Å². The zero-order chi connectivity index (χ0) is 16.3. The normalized spacial score (nSPS) is 20.1. The number of hydrogen-bond acceptors (Lipinski definition) is 4. The number of carbonyl (C=O) groups excluding carboxylic acids is 1. The van der Waals surface area contributed by atoms with Gasteiger partial charge in [0.05, 0.1) is 11.5 Å². The maximum Gasteiger partial charge on any atom is 0.251 e. The fourth-order valence-corrected chi connectivity index (χ4v) is 4.50. The smallest absolute Gasteiger partial charge is 0.251 e. The highest BCUT2D eigenvalue weighted by molar-refractivity contribution is 7.91. The molecule has 0 saturated carbocycles. The lowest BCUT2D eigenvalue weighted by Crippen LogP contribution is -2.35. The molecule has 1 aliphatic rings. The molecule has 1 amide bonds. The largest absolute Gasteiger partial charge is 0.369 e. The quantitative estimate of drug-likeness (QED) is 0.897. The standard InChI is InChI=1S/C16H24N2O3S/c1-4-18(12(2)3)15-7-5-13(6-8-15)16(19)17-14-9-10-22(20,21)11-14/h5-8,12,14H,4,9-11H2,1-3H3,(H,17,19)/t14-/m1/s1. The fraction of sp³-hybridized carbons (Fsp3) is 0.562. The summed E-state index contributed by atoms with van der Waals surface area (Å²) in [6, 6.07) is 7.58. The minimum Gasteiger partial charge on any atom is -0.369 e. The second-order valence-electron chi connectivity index (χ2n) is 6.00. The van der Waals surface area contributed by atoms with Gasteiger partial charge in [-0.25, -0.2) is 8.42 Å². The SMILES string of the molecule is CCN(c1ccc(C(=O)N[C@@H]2CCS(=O)(=O)C2)cc1)C(C)C. The van der Waals surface area contributed by atoms with E-state index in [1.165, 1.54) is 0 Å². The van der Waals surface area contributed by atoms with E-state index in [0.29, 0.717) is 18.0 Å². The molecule has 0 radical (unpaired) electrons. The Kier molecular flexibility index (Phi) is 5.11. The third-order valence-corrected chi connectivity index (χ3v) is 5.76. The van der Waals surface area contributed by atoms with Crippen molar-refractivity contribution in [2.75, 3.05) is 23.0 Å². The summed E-state index contributed by atoms with van der Waals surface area (Å²) in [4.78, 5) is 14.4. The van der Waals surface area contributed by atoms with Crippen LogP contribution in [0.25, 0.3) is 0 Å². The predicted octanol–water partition coefficient (Wildman–Crippen LogP) is 1.84. The van der Waals surface area contributed by atoms with Crippen molar-refractivity contribution in [3.05, 3.63) is 29.8 Å². The van der Waals surface area contributed by atoms with Crippen LogP contribution in [0.3, 0.4) is 0 Å². The molecule has 0 unspecified atom stereocenters. The van der Waals surface area contributed by atoms with Gasteiger partial charge >= 0.3 is 0 Å². The van der Waals surface area contributed by atoms with Gasteiger partial charge in [0.2, 0.25) is 0 Å². The van der Waals surface area contributed by atoms with E-state index in [2.05, 4.69) is 31.0 Å². The summed E-state index contributed by atoms with van der Waals surface area (Å²) in [5.41, 5.74) is 1.64. The van der Waals surface area contributed by atoms with Gasteiger partial charge in [0, 0.05) is 29.9 Å². The molecular formula is C16H24N2O3S. The van der Waals surface area contributed by atoms with Gasteiger partial charge in [-0.2, -0.15) is 0 Å². The van der Waals surface area contributed by atoms with Crippen LogP contribution >= 0.6 is 0 Å². The Morgan fingerprint density at radius 2 is 1.95 bits per heavy atom. The van der Waals surface area contributed by atoms with Crippen LogP contribution in [0.4, 0.5) is 5.69 Å². The highest BCUT2D eigenvalue weighted by Crippen LogP contribution is 2.18. The van der Waals surface area contributed by atoms with E-state index in [4.69, 9.17) is 0 Å². The Morgan fingerprint density at radius 3 is 2.41 bits per heavy atom. The number of carbonyl (C=O) groups is 1. The highest BCUT2D eigenvalue weighted by Gasteiger charge is 2.29. The number of sulfone groups is 1. The summed E-state index contributed by atoms with van der Waals surface area (Å²) >= 11 is 0. The number of hydrogen-bond donors (Lipinski definition) is 1. The lowest BCUT2D eigenvalue weighted by molar-refractivity contribution is 0.0941. The van der Waals surface area contributed by atoms with E-state index in [9.17, 15) is 13.2 Å². The van der Waals surface area contributed by atoms with E-state index in [0.717, 1.165) is 12.2 Å². The monoisotopic (exact) mass is 324 g/mol. The predicted molar refractivity (Wildman–Crippen MR) is 89.1 cm³/mol. The molecule has 122 valence electrons. The van der Waals surface area contributed by atoms with Crippen molar-refractivity contribution in [2.24, 2.45) is 0 Å². The van der Waals surface area contributed by atoms with E-state index in [1.54, 1.807) is 12.1 Å². The van der Waals surface area contributed by atoms with Gasteiger partial charge in [-0.15, -0.1) is 0 Å². The molecule has 1 aliphatic heterocycles. The summed E-state index contributed by atoms with van der Waals surface area (Å²) in [5, 5.41) is 2.80. The Balaban J connectivity index is 2.02. The average molecular weight is 324 g/mol. The molecular weight excluding hydrogens is 300 g/mol. The highest BCUT2D eigenvalue weighted by atomic mass is 32.2. The molecule has 5 nitrogen and oxygen atoms in total. The van der Waals surface area contributed by atoms with Crippen molar-refractivity contribution in [2.45, 2.75) is 39.3 Å². The molecule has 0 aliphatic carbocycles. The summed E-state index contributed by atoms with van der Waals surface area (Å²) in [6.45, 7) is 7.26. The van der Waals surface area contributed by atoms with Gasteiger partial charge < -0.3 is 10.2 Å². The third-order valence-electron chi connectivity index (χ3n) is 3.99. The van der Waals surface area contributed by atoms with Gasteiger partial charge in [0.15, 0.2) is 9.84 Å².